The van der Waals surface area contributed by atoms with Gasteiger partial charge in [-0.3, -0.25) is 9.59 Å². The smallest absolute Gasteiger partial charge is 0.254 e. The van der Waals surface area contributed by atoms with Crippen LogP contribution in [0.15, 0.2) is 16.8 Å². The van der Waals surface area contributed by atoms with Crippen LogP contribution < -0.4 is 5.73 Å². The summed E-state index contributed by atoms with van der Waals surface area (Å²) in [5, 5.41) is 3.77. The van der Waals surface area contributed by atoms with Crippen molar-refractivity contribution in [2.45, 2.75) is 32.2 Å². The molecule has 0 spiro atoms. The van der Waals surface area contributed by atoms with E-state index in [1.54, 1.807) is 0 Å². The van der Waals surface area contributed by atoms with Crippen molar-refractivity contribution in [2.75, 3.05) is 26.2 Å². The summed E-state index contributed by atoms with van der Waals surface area (Å²) in [6, 6.07) is 1.84. The Labute approximate surface area is 129 Å². The van der Waals surface area contributed by atoms with Gasteiger partial charge in [0.2, 0.25) is 5.91 Å². The number of carbonyl (C=O) groups is 2. The van der Waals surface area contributed by atoms with Gasteiger partial charge in [0.05, 0.1) is 5.56 Å². The van der Waals surface area contributed by atoms with Gasteiger partial charge in [0.15, 0.2) is 0 Å². The van der Waals surface area contributed by atoms with E-state index in [1.165, 1.54) is 11.3 Å². The topological polar surface area (TPSA) is 66.6 Å². The zero-order chi connectivity index (χ0) is 15.5. The zero-order valence-electron chi connectivity index (χ0n) is 12.7. The summed E-state index contributed by atoms with van der Waals surface area (Å²) in [6.07, 6.45) is 1.15. The van der Waals surface area contributed by atoms with Gasteiger partial charge in [0, 0.05) is 43.5 Å². The molecule has 1 saturated heterocycles. The summed E-state index contributed by atoms with van der Waals surface area (Å²) in [4.78, 5) is 28.0. The second kappa shape index (κ2) is 6.58. The molecule has 2 rings (SSSR count). The van der Waals surface area contributed by atoms with Gasteiger partial charge in [0.25, 0.3) is 5.91 Å². The van der Waals surface area contributed by atoms with Crippen LogP contribution in [0.5, 0.6) is 0 Å². The number of rotatable bonds is 4. The lowest BCUT2D eigenvalue weighted by Gasteiger charge is -2.35. The lowest BCUT2D eigenvalue weighted by molar-refractivity contribution is -0.133. The molecule has 0 aliphatic carbocycles. The van der Waals surface area contributed by atoms with E-state index in [0.29, 0.717) is 39.0 Å². The molecule has 0 unspecified atom stereocenters. The monoisotopic (exact) mass is 309 g/mol. The van der Waals surface area contributed by atoms with Crippen LogP contribution in [-0.2, 0) is 4.79 Å². The first-order chi connectivity index (χ1) is 9.87. The summed E-state index contributed by atoms with van der Waals surface area (Å²) in [5.74, 6) is 0.197. The number of nitrogens with zero attached hydrogens (tertiary/aromatic N) is 2. The molecule has 5 nitrogen and oxygen atoms in total. The van der Waals surface area contributed by atoms with Crippen LogP contribution in [-0.4, -0.2) is 53.3 Å². The summed E-state index contributed by atoms with van der Waals surface area (Å²) in [6.45, 7) is 6.29. The summed E-state index contributed by atoms with van der Waals surface area (Å²) in [7, 11) is 0. The van der Waals surface area contributed by atoms with Crippen molar-refractivity contribution in [1.29, 1.82) is 0 Å². The Morgan fingerprint density at radius 1 is 1.24 bits per heavy atom. The van der Waals surface area contributed by atoms with Crippen LogP contribution in [0.3, 0.4) is 0 Å². The normalized spacial score (nSPS) is 16.1. The van der Waals surface area contributed by atoms with E-state index in [9.17, 15) is 9.59 Å². The molecule has 0 bridgehead atoms. The second-order valence-corrected chi connectivity index (χ2v) is 6.95. The molecule has 6 heteroatoms. The molecule has 2 heterocycles. The van der Waals surface area contributed by atoms with E-state index >= 15 is 0 Å². The predicted octanol–water partition coefficient (Wildman–Crippen LogP) is 1.55. The zero-order valence-corrected chi connectivity index (χ0v) is 13.5. The van der Waals surface area contributed by atoms with Crippen molar-refractivity contribution in [2.24, 2.45) is 5.73 Å². The van der Waals surface area contributed by atoms with Crippen molar-refractivity contribution in [3.63, 3.8) is 0 Å². The molecule has 2 N–H and O–H groups in total. The van der Waals surface area contributed by atoms with Crippen molar-refractivity contribution in [1.82, 2.24) is 9.80 Å². The fraction of sp³-hybridized carbons (Fsp3) is 0.600. The van der Waals surface area contributed by atoms with Gasteiger partial charge in [-0.05, 0) is 31.7 Å². The molecule has 116 valence electrons. The fourth-order valence-corrected chi connectivity index (χ4v) is 2.94. The van der Waals surface area contributed by atoms with Crippen LogP contribution >= 0.6 is 11.3 Å². The molecule has 1 aromatic rings. The molecule has 0 radical (unpaired) electrons. The van der Waals surface area contributed by atoms with E-state index in [2.05, 4.69) is 0 Å². The largest absolute Gasteiger partial charge is 0.339 e. The maximum Gasteiger partial charge on any atom is 0.254 e. The first kappa shape index (κ1) is 16.0. The molecule has 0 saturated carbocycles. The van der Waals surface area contributed by atoms with E-state index in [1.807, 2.05) is 40.5 Å². The third-order valence-electron chi connectivity index (χ3n) is 3.67. The number of nitrogens with two attached hydrogens (primary N) is 1. The molecule has 21 heavy (non-hydrogen) atoms. The third kappa shape index (κ3) is 4.54. The van der Waals surface area contributed by atoms with E-state index in [-0.39, 0.29) is 17.4 Å². The van der Waals surface area contributed by atoms with Gasteiger partial charge in [0.1, 0.15) is 0 Å². The number of carbonyl (C=O) groups excluding carboxylic acids is 2. The lowest BCUT2D eigenvalue weighted by atomic mass is 9.99. The van der Waals surface area contributed by atoms with Crippen molar-refractivity contribution < 1.29 is 9.59 Å². The Hall–Kier alpha value is -1.40. The molecular formula is C15H23N3O2S. The first-order valence-electron chi connectivity index (χ1n) is 7.25. The first-order valence-corrected chi connectivity index (χ1v) is 8.19. The molecule has 1 aliphatic heterocycles. The average molecular weight is 309 g/mol. The number of piperazine rings is 1. The Morgan fingerprint density at radius 2 is 1.86 bits per heavy atom. The number of thiophene rings is 1. The third-order valence-corrected chi connectivity index (χ3v) is 4.35. The number of amides is 2. The van der Waals surface area contributed by atoms with Crippen LogP contribution in [0.25, 0.3) is 0 Å². The second-order valence-electron chi connectivity index (χ2n) is 6.17. The summed E-state index contributed by atoms with van der Waals surface area (Å²) >= 11 is 1.52. The highest BCUT2D eigenvalue weighted by atomic mass is 32.1. The minimum Gasteiger partial charge on any atom is -0.339 e. The Bertz CT molecular complexity index is 486. The SMILES string of the molecule is CC(C)(N)CCC(=O)N1CCN(C(=O)c2ccsc2)CC1. The molecule has 1 aromatic heterocycles. The van der Waals surface area contributed by atoms with Crippen LogP contribution in [0.1, 0.15) is 37.0 Å². The molecule has 1 aliphatic rings. The van der Waals surface area contributed by atoms with Gasteiger partial charge in [-0.2, -0.15) is 11.3 Å². The van der Waals surface area contributed by atoms with Crippen LogP contribution in [0.2, 0.25) is 0 Å². The molecule has 1 fully saturated rings. The average Bonchev–Trinajstić information content (AvgIpc) is 2.97. The van der Waals surface area contributed by atoms with Crippen molar-refractivity contribution in [3.8, 4) is 0 Å². The molecule has 2 amide bonds. The van der Waals surface area contributed by atoms with Gasteiger partial charge in [-0.1, -0.05) is 0 Å². The standard InChI is InChI=1S/C15H23N3O2S/c1-15(2,16)5-3-13(19)17-6-8-18(9-7-17)14(20)12-4-10-21-11-12/h4,10-11H,3,5-9,16H2,1-2H3. The van der Waals surface area contributed by atoms with E-state index in [4.69, 9.17) is 5.73 Å². The summed E-state index contributed by atoms with van der Waals surface area (Å²) < 4.78 is 0. The molecule has 0 aromatic carbocycles. The predicted molar refractivity (Wildman–Crippen MR) is 84.3 cm³/mol. The highest BCUT2D eigenvalue weighted by Gasteiger charge is 2.25. The van der Waals surface area contributed by atoms with Gasteiger partial charge < -0.3 is 15.5 Å². The molecule has 0 atom stereocenters. The fourth-order valence-electron chi connectivity index (χ4n) is 2.31. The van der Waals surface area contributed by atoms with Gasteiger partial charge >= 0.3 is 0 Å². The Morgan fingerprint density at radius 3 is 2.38 bits per heavy atom. The highest BCUT2D eigenvalue weighted by molar-refractivity contribution is 7.08. The maximum atomic E-state index is 12.2. The minimum atomic E-state index is -0.313. The Balaban J connectivity index is 1.80. The summed E-state index contributed by atoms with van der Waals surface area (Å²) in [5.41, 5.74) is 6.33. The van der Waals surface area contributed by atoms with Crippen LogP contribution in [0.4, 0.5) is 0 Å². The van der Waals surface area contributed by atoms with Crippen molar-refractivity contribution in [3.05, 3.63) is 22.4 Å². The molecular weight excluding hydrogens is 286 g/mol. The van der Waals surface area contributed by atoms with E-state index in [0.717, 1.165) is 5.56 Å². The minimum absolute atomic E-state index is 0.0615. The van der Waals surface area contributed by atoms with Gasteiger partial charge in [-0.25, -0.2) is 0 Å². The lowest BCUT2D eigenvalue weighted by Crippen LogP contribution is -2.50. The number of hydrogen-bond acceptors (Lipinski definition) is 4. The maximum absolute atomic E-state index is 12.2. The van der Waals surface area contributed by atoms with Gasteiger partial charge in [-0.15, -0.1) is 0 Å². The van der Waals surface area contributed by atoms with Crippen molar-refractivity contribution >= 4 is 23.2 Å². The number of hydrogen-bond donors (Lipinski definition) is 1. The van der Waals surface area contributed by atoms with E-state index < -0.39 is 0 Å². The van der Waals surface area contributed by atoms with Crippen LogP contribution in [0, 0.1) is 0 Å². The highest BCUT2D eigenvalue weighted by Crippen LogP contribution is 2.14. The quantitative estimate of drug-likeness (QED) is 0.917. The Kier molecular flexibility index (Phi) is 5.00.